The lowest BCUT2D eigenvalue weighted by Crippen LogP contribution is -2.39. The molecule has 0 aliphatic rings. The van der Waals surface area contributed by atoms with E-state index in [-0.39, 0.29) is 18.2 Å². The van der Waals surface area contributed by atoms with Gasteiger partial charge in [-0.05, 0) is 42.5 Å². The summed E-state index contributed by atoms with van der Waals surface area (Å²) < 4.78 is 25.9. The first-order valence-electron chi connectivity index (χ1n) is 7.88. The van der Waals surface area contributed by atoms with Gasteiger partial charge < -0.3 is 10.4 Å². The van der Waals surface area contributed by atoms with Crippen molar-refractivity contribution in [1.29, 1.82) is 0 Å². The molecule has 2 aromatic rings. The number of hydrogen-bond donors (Lipinski definition) is 3. The topological polar surface area (TPSA) is 95.5 Å². The van der Waals surface area contributed by atoms with Crippen molar-refractivity contribution in [2.75, 3.05) is 17.6 Å². The zero-order valence-electron chi connectivity index (χ0n) is 14.2. The third kappa shape index (κ3) is 5.64. The van der Waals surface area contributed by atoms with Crippen LogP contribution in [0.25, 0.3) is 0 Å². The van der Waals surface area contributed by atoms with Gasteiger partial charge >= 0.3 is 0 Å². The van der Waals surface area contributed by atoms with Crippen molar-refractivity contribution in [2.45, 2.75) is 25.9 Å². The summed E-state index contributed by atoms with van der Waals surface area (Å²) in [6.07, 6.45) is 0.510. The van der Waals surface area contributed by atoms with Crippen molar-refractivity contribution in [3.8, 4) is 0 Å². The maximum atomic E-state index is 12.0. The Morgan fingerprint density at radius 2 is 1.92 bits per heavy atom. The smallest absolute Gasteiger partial charge is 0.265 e. The molecule has 2 rings (SSSR count). The van der Waals surface area contributed by atoms with Crippen LogP contribution in [-0.4, -0.2) is 31.7 Å². The Labute approximate surface area is 151 Å². The fraction of sp³-hybridized carbons (Fsp3) is 0.353. The number of amides is 1. The van der Waals surface area contributed by atoms with E-state index in [9.17, 15) is 18.3 Å². The fourth-order valence-corrected chi connectivity index (χ4v) is 4.01. The molecule has 1 heterocycles. The lowest BCUT2D eigenvalue weighted by Gasteiger charge is -2.24. The maximum Gasteiger partial charge on any atom is 0.265 e. The van der Waals surface area contributed by atoms with Gasteiger partial charge in [-0.3, -0.25) is 4.79 Å². The Morgan fingerprint density at radius 1 is 1.24 bits per heavy atom. The van der Waals surface area contributed by atoms with Crippen molar-refractivity contribution in [1.82, 2.24) is 4.72 Å². The van der Waals surface area contributed by atoms with E-state index in [1.807, 2.05) is 5.38 Å². The average Bonchev–Trinajstić information content (AvgIpc) is 3.08. The van der Waals surface area contributed by atoms with Gasteiger partial charge in [0.05, 0.1) is 10.6 Å². The second kappa shape index (κ2) is 8.09. The van der Waals surface area contributed by atoms with Crippen molar-refractivity contribution in [3.05, 3.63) is 52.2 Å². The number of rotatable bonds is 8. The Kier molecular flexibility index (Phi) is 6.34. The first kappa shape index (κ1) is 19.6. The molecule has 8 heteroatoms. The monoisotopic (exact) mass is 382 g/mol. The van der Waals surface area contributed by atoms with Gasteiger partial charge in [0.1, 0.15) is 5.60 Å². The number of hydrogen-bond acceptors (Lipinski definition) is 5. The van der Waals surface area contributed by atoms with Gasteiger partial charge in [-0.25, -0.2) is 13.1 Å². The molecule has 1 aromatic carbocycles. The molecule has 0 fully saturated rings. The zero-order valence-corrected chi connectivity index (χ0v) is 15.8. The van der Waals surface area contributed by atoms with Crippen LogP contribution in [0.15, 0.2) is 41.8 Å². The second-order valence-electron chi connectivity index (χ2n) is 5.92. The Bertz CT molecular complexity index is 798. The highest BCUT2D eigenvalue weighted by Crippen LogP contribution is 2.22. The SMILES string of the molecule is CCCS(=O)(=O)NCC(C)(O)c1ccc(NC(=O)c2cccs2)cc1. The molecule has 0 saturated carbocycles. The predicted octanol–water partition coefficient (Wildman–Crippen LogP) is 2.54. The van der Waals surface area contributed by atoms with E-state index >= 15 is 0 Å². The molecular formula is C17H22N2O4S2. The average molecular weight is 383 g/mol. The minimum absolute atomic E-state index is 0.0246. The number of carbonyl (C=O) groups excluding carboxylic acids is 1. The van der Waals surface area contributed by atoms with E-state index in [0.29, 0.717) is 22.5 Å². The van der Waals surface area contributed by atoms with Gasteiger partial charge in [0.25, 0.3) is 5.91 Å². The molecule has 1 aromatic heterocycles. The van der Waals surface area contributed by atoms with Gasteiger partial charge in [-0.1, -0.05) is 25.1 Å². The van der Waals surface area contributed by atoms with Gasteiger partial charge in [0.15, 0.2) is 0 Å². The van der Waals surface area contributed by atoms with Crippen LogP contribution in [0.5, 0.6) is 0 Å². The highest BCUT2D eigenvalue weighted by molar-refractivity contribution is 7.89. The lowest BCUT2D eigenvalue weighted by atomic mass is 9.96. The Hall–Kier alpha value is -1.74. The third-order valence-corrected chi connectivity index (χ3v) is 6.02. The van der Waals surface area contributed by atoms with Crippen LogP contribution < -0.4 is 10.0 Å². The molecule has 0 bridgehead atoms. The Morgan fingerprint density at radius 3 is 2.48 bits per heavy atom. The van der Waals surface area contributed by atoms with Crippen LogP contribution in [0.1, 0.15) is 35.5 Å². The minimum atomic E-state index is -3.39. The van der Waals surface area contributed by atoms with Gasteiger partial charge in [0, 0.05) is 12.2 Å². The molecule has 0 aliphatic carbocycles. The van der Waals surface area contributed by atoms with Crippen LogP contribution in [-0.2, 0) is 15.6 Å². The Balaban J connectivity index is 2.01. The molecule has 0 saturated heterocycles. The molecule has 25 heavy (non-hydrogen) atoms. The van der Waals surface area contributed by atoms with Gasteiger partial charge in [-0.15, -0.1) is 11.3 Å². The second-order valence-corrected chi connectivity index (χ2v) is 8.80. The molecule has 0 radical (unpaired) electrons. The summed E-state index contributed by atoms with van der Waals surface area (Å²) in [6.45, 7) is 3.21. The maximum absolute atomic E-state index is 12.0. The van der Waals surface area contributed by atoms with Gasteiger partial charge in [-0.2, -0.15) is 0 Å². The molecule has 0 aliphatic heterocycles. The first-order valence-corrected chi connectivity index (χ1v) is 10.4. The van der Waals surface area contributed by atoms with Crippen molar-refractivity contribution in [2.24, 2.45) is 0 Å². The predicted molar refractivity (Wildman–Crippen MR) is 100 cm³/mol. The summed E-state index contributed by atoms with van der Waals surface area (Å²) in [6, 6.07) is 10.2. The van der Waals surface area contributed by atoms with Gasteiger partial charge in [0.2, 0.25) is 10.0 Å². The van der Waals surface area contributed by atoms with Crippen molar-refractivity contribution < 1.29 is 18.3 Å². The summed E-state index contributed by atoms with van der Waals surface area (Å²) in [5, 5.41) is 15.1. The van der Waals surface area contributed by atoms with Crippen LogP contribution in [0.3, 0.4) is 0 Å². The molecule has 1 unspecified atom stereocenters. The van der Waals surface area contributed by atoms with E-state index in [2.05, 4.69) is 10.0 Å². The van der Waals surface area contributed by atoms with E-state index in [1.54, 1.807) is 50.2 Å². The molecule has 1 atom stereocenters. The van der Waals surface area contributed by atoms with Crippen LogP contribution in [0.2, 0.25) is 0 Å². The number of anilines is 1. The number of benzene rings is 1. The summed E-state index contributed by atoms with van der Waals surface area (Å²) >= 11 is 1.35. The van der Waals surface area contributed by atoms with E-state index in [0.717, 1.165) is 0 Å². The molecule has 136 valence electrons. The first-order chi connectivity index (χ1) is 11.7. The summed E-state index contributed by atoms with van der Waals surface area (Å²) in [7, 11) is -3.39. The van der Waals surface area contributed by atoms with E-state index < -0.39 is 15.6 Å². The molecule has 3 N–H and O–H groups in total. The van der Waals surface area contributed by atoms with Crippen LogP contribution in [0.4, 0.5) is 5.69 Å². The minimum Gasteiger partial charge on any atom is -0.384 e. The molecule has 6 nitrogen and oxygen atoms in total. The molecule has 0 spiro atoms. The van der Waals surface area contributed by atoms with Crippen molar-refractivity contribution >= 4 is 33.0 Å². The largest absolute Gasteiger partial charge is 0.384 e. The number of sulfonamides is 1. The van der Waals surface area contributed by atoms with Crippen LogP contribution in [0, 0.1) is 0 Å². The number of aliphatic hydroxyl groups is 1. The van der Waals surface area contributed by atoms with E-state index in [4.69, 9.17) is 0 Å². The quantitative estimate of drug-likeness (QED) is 0.654. The number of carbonyl (C=O) groups is 1. The lowest BCUT2D eigenvalue weighted by molar-refractivity contribution is 0.0628. The summed E-state index contributed by atoms with van der Waals surface area (Å²) in [5.74, 6) is -0.168. The highest BCUT2D eigenvalue weighted by Gasteiger charge is 2.25. The van der Waals surface area contributed by atoms with E-state index in [1.165, 1.54) is 11.3 Å². The molecular weight excluding hydrogens is 360 g/mol. The third-order valence-electron chi connectivity index (χ3n) is 3.62. The standard InChI is InChI=1S/C17H22N2O4S2/c1-3-11-25(22,23)18-12-17(2,21)13-6-8-14(9-7-13)19-16(20)15-5-4-10-24-15/h4-10,18,21H,3,11-12H2,1-2H3,(H,19,20). The number of thiophene rings is 1. The summed E-state index contributed by atoms with van der Waals surface area (Å²) in [5.41, 5.74) is -0.192. The number of nitrogens with one attached hydrogen (secondary N) is 2. The zero-order chi connectivity index (χ0) is 18.5. The molecule has 1 amide bonds. The normalized spacial score (nSPS) is 14.0. The fourth-order valence-electron chi connectivity index (χ4n) is 2.21. The van der Waals surface area contributed by atoms with Crippen LogP contribution >= 0.6 is 11.3 Å². The summed E-state index contributed by atoms with van der Waals surface area (Å²) in [4.78, 5) is 12.6. The highest BCUT2D eigenvalue weighted by atomic mass is 32.2. The van der Waals surface area contributed by atoms with Crippen molar-refractivity contribution in [3.63, 3.8) is 0 Å².